The highest BCUT2D eigenvalue weighted by Crippen LogP contribution is 2.37. The van der Waals surface area contributed by atoms with Crippen molar-refractivity contribution in [2.24, 2.45) is 5.41 Å². The van der Waals surface area contributed by atoms with Crippen LogP contribution in [0.5, 0.6) is 5.75 Å². The van der Waals surface area contributed by atoms with Gasteiger partial charge in [-0.1, -0.05) is 18.2 Å². The van der Waals surface area contributed by atoms with Crippen LogP contribution in [0.2, 0.25) is 0 Å². The normalized spacial score (nSPS) is 28.1. The van der Waals surface area contributed by atoms with Gasteiger partial charge >= 0.3 is 5.97 Å². The third kappa shape index (κ3) is 1.94. The molecule has 2 aliphatic heterocycles. The largest absolute Gasteiger partial charge is 0.492 e. The van der Waals surface area contributed by atoms with Gasteiger partial charge in [-0.3, -0.25) is 9.59 Å². The van der Waals surface area contributed by atoms with Crippen molar-refractivity contribution in [3.8, 4) is 5.75 Å². The Balaban J connectivity index is 1.77. The number of carbonyl (C=O) groups is 2. The van der Waals surface area contributed by atoms with Crippen LogP contribution in [0.4, 0.5) is 0 Å². The van der Waals surface area contributed by atoms with Crippen molar-refractivity contribution in [2.75, 3.05) is 19.7 Å². The van der Waals surface area contributed by atoms with E-state index in [1.54, 1.807) is 11.8 Å². The molecular formula is C15H17NO4. The second-order valence-electron chi connectivity index (χ2n) is 5.78. The summed E-state index contributed by atoms with van der Waals surface area (Å²) in [6, 6.07) is 7.52. The zero-order valence-corrected chi connectivity index (χ0v) is 11.3. The van der Waals surface area contributed by atoms with E-state index in [4.69, 9.17) is 4.74 Å². The molecule has 1 aromatic rings. The Morgan fingerprint density at radius 1 is 1.40 bits per heavy atom. The predicted molar refractivity (Wildman–Crippen MR) is 71.6 cm³/mol. The van der Waals surface area contributed by atoms with Gasteiger partial charge in [0.2, 0.25) is 5.91 Å². The van der Waals surface area contributed by atoms with Crippen molar-refractivity contribution in [3.05, 3.63) is 29.8 Å². The topological polar surface area (TPSA) is 66.8 Å². The number of aliphatic carboxylic acids is 1. The summed E-state index contributed by atoms with van der Waals surface area (Å²) in [4.78, 5) is 25.5. The fraction of sp³-hybridized carbons (Fsp3) is 0.467. The van der Waals surface area contributed by atoms with Gasteiger partial charge < -0.3 is 14.7 Å². The first-order valence-electron chi connectivity index (χ1n) is 6.75. The molecule has 0 bridgehead atoms. The van der Waals surface area contributed by atoms with E-state index in [0.717, 1.165) is 11.3 Å². The lowest BCUT2D eigenvalue weighted by atomic mass is 9.90. The standard InChI is InChI=1S/C15H17NO4/c1-15(14(18)19)6-7-16(9-15)13(17)11-8-20-12-5-3-2-4-10(11)12/h2-5,11H,6-9H2,1H3,(H,18,19)/t11-,15+/m0/s1. The van der Waals surface area contributed by atoms with Crippen molar-refractivity contribution in [1.29, 1.82) is 0 Å². The Morgan fingerprint density at radius 3 is 2.85 bits per heavy atom. The lowest BCUT2D eigenvalue weighted by molar-refractivity contribution is -0.147. The summed E-state index contributed by atoms with van der Waals surface area (Å²) in [5, 5.41) is 9.23. The third-order valence-corrected chi connectivity index (χ3v) is 4.30. The minimum absolute atomic E-state index is 0.0278. The maximum atomic E-state index is 12.6. The van der Waals surface area contributed by atoms with Crippen LogP contribution in [0.3, 0.4) is 0 Å². The van der Waals surface area contributed by atoms with Crippen molar-refractivity contribution in [2.45, 2.75) is 19.3 Å². The summed E-state index contributed by atoms with van der Waals surface area (Å²) in [5.74, 6) is -0.413. The minimum atomic E-state index is -0.837. The molecule has 1 amide bonds. The molecule has 0 unspecified atom stereocenters. The number of rotatable bonds is 2. The maximum Gasteiger partial charge on any atom is 0.311 e. The van der Waals surface area contributed by atoms with Crippen molar-refractivity contribution < 1.29 is 19.4 Å². The van der Waals surface area contributed by atoms with Crippen LogP contribution in [-0.2, 0) is 9.59 Å². The third-order valence-electron chi connectivity index (χ3n) is 4.30. The molecule has 2 atom stereocenters. The highest BCUT2D eigenvalue weighted by Gasteiger charge is 2.44. The molecule has 1 fully saturated rings. The molecule has 0 spiro atoms. The second-order valence-corrected chi connectivity index (χ2v) is 5.78. The summed E-state index contributed by atoms with van der Waals surface area (Å²) in [7, 11) is 0. The van der Waals surface area contributed by atoms with E-state index >= 15 is 0 Å². The van der Waals surface area contributed by atoms with E-state index in [0.29, 0.717) is 19.6 Å². The van der Waals surface area contributed by atoms with Gasteiger partial charge in [0.1, 0.15) is 18.3 Å². The molecule has 0 aliphatic carbocycles. The summed E-state index contributed by atoms with van der Waals surface area (Å²) in [6.07, 6.45) is 0.503. The first kappa shape index (κ1) is 13.0. The molecule has 5 nitrogen and oxygen atoms in total. The Labute approximate surface area is 117 Å². The van der Waals surface area contributed by atoms with Crippen LogP contribution >= 0.6 is 0 Å². The summed E-state index contributed by atoms with van der Waals surface area (Å²) < 4.78 is 5.53. The Hall–Kier alpha value is -2.04. The minimum Gasteiger partial charge on any atom is -0.492 e. The molecule has 1 saturated heterocycles. The van der Waals surface area contributed by atoms with Crippen LogP contribution in [0, 0.1) is 5.41 Å². The molecule has 3 rings (SSSR count). The number of fused-ring (bicyclic) bond motifs is 1. The number of carbonyl (C=O) groups excluding carboxylic acids is 1. The van der Waals surface area contributed by atoms with E-state index in [9.17, 15) is 14.7 Å². The number of benzene rings is 1. The summed E-state index contributed by atoms with van der Waals surface area (Å²) in [5.41, 5.74) is 0.0793. The first-order valence-corrected chi connectivity index (χ1v) is 6.75. The van der Waals surface area contributed by atoms with Crippen LogP contribution < -0.4 is 4.74 Å². The van der Waals surface area contributed by atoms with Gasteiger partial charge in [-0.15, -0.1) is 0 Å². The number of nitrogens with zero attached hydrogens (tertiary/aromatic N) is 1. The number of hydrogen-bond acceptors (Lipinski definition) is 3. The monoisotopic (exact) mass is 275 g/mol. The van der Waals surface area contributed by atoms with Crippen molar-refractivity contribution in [1.82, 2.24) is 4.90 Å². The van der Waals surface area contributed by atoms with Gasteiger partial charge in [-0.2, -0.15) is 0 Å². The van der Waals surface area contributed by atoms with Crippen LogP contribution in [-0.4, -0.2) is 41.6 Å². The van der Waals surface area contributed by atoms with Crippen LogP contribution in [0.25, 0.3) is 0 Å². The Bertz CT molecular complexity index is 571. The highest BCUT2D eigenvalue weighted by atomic mass is 16.5. The second kappa shape index (κ2) is 4.51. The van der Waals surface area contributed by atoms with E-state index < -0.39 is 11.4 Å². The quantitative estimate of drug-likeness (QED) is 0.888. The van der Waals surface area contributed by atoms with Gasteiger partial charge in [0, 0.05) is 18.7 Å². The van der Waals surface area contributed by atoms with Crippen LogP contribution in [0.1, 0.15) is 24.8 Å². The molecule has 1 aromatic carbocycles. The number of para-hydroxylation sites is 1. The lowest BCUT2D eigenvalue weighted by Crippen LogP contribution is -2.37. The molecule has 5 heteroatoms. The molecule has 0 saturated carbocycles. The van der Waals surface area contributed by atoms with Crippen molar-refractivity contribution in [3.63, 3.8) is 0 Å². The summed E-state index contributed by atoms with van der Waals surface area (Å²) >= 11 is 0. The molecule has 0 radical (unpaired) electrons. The average Bonchev–Trinajstić information content (AvgIpc) is 3.03. The van der Waals surface area contributed by atoms with E-state index in [1.165, 1.54) is 0 Å². The molecule has 2 heterocycles. The van der Waals surface area contributed by atoms with Crippen molar-refractivity contribution >= 4 is 11.9 Å². The number of likely N-dealkylation sites (tertiary alicyclic amines) is 1. The zero-order valence-electron chi connectivity index (χ0n) is 11.3. The first-order chi connectivity index (χ1) is 9.51. The SMILES string of the molecule is C[C@@]1(C(=O)O)CCN(C(=O)[C@H]2COc3ccccc32)C1. The number of amides is 1. The Morgan fingerprint density at radius 2 is 2.15 bits per heavy atom. The number of carboxylic acid groups (broad SMARTS) is 1. The molecule has 0 aromatic heterocycles. The number of carboxylic acids is 1. The Kier molecular flexibility index (Phi) is 2.92. The van der Waals surface area contributed by atoms with E-state index in [-0.39, 0.29) is 18.4 Å². The summed E-state index contributed by atoms with van der Waals surface area (Å²) in [6.45, 7) is 2.82. The molecule has 1 N–H and O–H groups in total. The van der Waals surface area contributed by atoms with Crippen LogP contribution in [0.15, 0.2) is 24.3 Å². The molecule has 2 aliphatic rings. The van der Waals surface area contributed by atoms with Gasteiger partial charge in [-0.25, -0.2) is 0 Å². The highest BCUT2D eigenvalue weighted by molar-refractivity contribution is 5.87. The lowest BCUT2D eigenvalue weighted by Gasteiger charge is -2.22. The van der Waals surface area contributed by atoms with E-state index in [1.807, 2.05) is 24.3 Å². The number of hydrogen-bond donors (Lipinski definition) is 1. The number of ether oxygens (including phenoxy) is 1. The maximum absolute atomic E-state index is 12.6. The molecule has 20 heavy (non-hydrogen) atoms. The fourth-order valence-corrected chi connectivity index (χ4v) is 2.91. The van der Waals surface area contributed by atoms with Gasteiger partial charge in [0.15, 0.2) is 0 Å². The van der Waals surface area contributed by atoms with Gasteiger partial charge in [0.05, 0.1) is 5.41 Å². The fourth-order valence-electron chi connectivity index (χ4n) is 2.91. The average molecular weight is 275 g/mol. The smallest absolute Gasteiger partial charge is 0.311 e. The predicted octanol–water partition coefficient (Wildman–Crippen LogP) is 1.49. The molecule has 106 valence electrons. The molecular weight excluding hydrogens is 258 g/mol. The van der Waals surface area contributed by atoms with Gasteiger partial charge in [0.25, 0.3) is 0 Å². The van der Waals surface area contributed by atoms with E-state index in [2.05, 4.69) is 0 Å². The van der Waals surface area contributed by atoms with Gasteiger partial charge in [-0.05, 0) is 19.4 Å². The zero-order chi connectivity index (χ0) is 14.3.